The second kappa shape index (κ2) is 8.03. The molecule has 2 aliphatic rings. The van der Waals surface area contributed by atoms with Crippen LogP contribution in [-0.2, 0) is 6.54 Å². The zero-order valence-electron chi connectivity index (χ0n) is 17.0. The third-order valence-corrected chi connectivity index (χ3v) is 6.09. The van der Waals surface area contributed by atoms with E-state index in [1.165, 1.54) is 6.07 Å². The summed E-state index contributed by atoms with van der Waals surface area (Å²) in [4.78, 5) is 14.9. The molecule has 5 nitrogen and oxygen atoms in total. The summed E-state index contributed by atoms with van der Waals surface area (Å²) in [5, 5.41) is 5.97. The molecule has 0 radical (unpaired) electrons. The van der Waals surface area contributed by atoms with Gasteiger partial charge in [0.1, 0.15) is 17.2 Å². The second-order valence-corrected chi connectivity index (χ2v) is 8.29. The maximum atomic E-state index is 13.7. The van der Waals surface area contributed by atoms with Crippen molar-refractivity contribution in [3.8, 4) is 5.75 Å². The van der Waals surface area contributed by atoms with Gasteiger partial charge in [0.05, 0.1) is 6.04 Å². The zero-order valence-corrected chi connectivity index (χ0v) is 17.0. The van der Waals surface area contributed by atoms with Crippen LogP contribution < -0.4 is 15.4 Å². The maximum Gasteiger partial charge on any atom is 0.315 e. The maximum absolute atomic E-state index is 13.7. The Labute approximate surface area is 171 Å². The molecule has 0 aromatic heterocycles. The van der Waals surface area contributed by atoms with Gasteiger partial charge in [0.25, 0.3) is 0 Å². The summed E-state index contributed by atoms with van der Waals surface area (Å²) in [5.41, 5.74) is 2.11. The molecule has 1 atom stereocenters. The number of halogens is 1. The van der Waals surface area contributed by atoms with Crippen LogP contribution in [-0.4, -0.2) is 36.7 Å². The monoisotopic (exact) mass is 397 g/mol. The quantitative estimate of drug-likeness (QED) is 0.825. The van der Waals surface area contributed by atoms with E-state index in [2.05, 4.69) is 22.6 Å². The van der Waals surface area contributed by atoms with Crippen molar-refractivity contribution < 1.29 is 13.9 Å². The molecule has 0 aliphatic carbocycles. The highest BCUT2D eigenvalue weighted by molar-refractivity contribution is 5.74. The van der Waals surface area contributed by atoms with Crippen LogP contribution in [0.15, 0.2) is 42.5 Å². The van der Waals surface area contributed by atoms with Crippen molar-refractivity contribution in [1.82, 2.24) is 15.5 Å². The van der Waals surface area contributed by atoms with Crippen molar-refractivity contribution >= 4 is 6.03 Å². The SMILES string of the molecule is Cc1ccc(CNC(=O)NC2CC3(CCN(C)CC3)Oc3ccccc32)cc1F. The molecule has 1 spiro atoms. The lowest BCUT2D eigenvalue weighted by molar-refractivity contribution is -0.0190. The van der Waals surface area contributed by atoms with Crippen LogP contribution in [0.5, 0.6) is 5.75 Å². The molecule has 2 aliphatic heterocycles. The molecule has 2 amide bonds. The Kier molecular flexibility index (Phi) is 5.46. The summed E-state index contributed by atoms with van der Waals surface area (Å²) in [6.07, 6.45) is 2.64. The van der Waals surface area contributed by atoms with Gasteiger partial charge in [-0.15, -0.1) is 0 Å². The third-order valence-electron chi connectivity index (χ3n) is 6.09. The van der Waals surface area contributed by atoms with Gasteiger partial charge >= 0.3 is 6.03 Å². The molecule has 0 bridgehead atoms. The van der Waals surface area contributed by atoms with Gasteiger partial charge in [-0.3, -0.25) is 0 Å². The highest BCUT2D eigenvalue weighted by atomic mass is 19.1. The van der Waals surface area contributed by atoms with Crippen molar-refractivity contribution in [2.24, 2.45) is 0 Å². The van der Waals surface area contributed by atoms with Crippen molar-refractivity contribution in [3.05, 3.63) is 65.0 Å². The summed E-state index contributed by atoms with van der Waals surface area (Å²) < 4.78 is 20.2. The Hall–Kier alpha value is -2.60. The highest BCUT2D eigenvalue weighted by Gasteiger charge is 2.43. The van der Waals surface area contributed by atoms with Crippen LogP contribution in [0.25, 0.3) is 0 Å². The summed E-state index contributed by atoms with van der Waals surface area (Å²) in [5.74, 6) is 0.599. The zero-order chi connectivity index (χ0) is 20.4. The van der Waals surface area contributed by atoms with Gasteiger partial charge < -0.3 is 20.3 Å². The number of hydrogen-bond donors (Lipinski definition) is 2. The number of ether oxygens (including phenoxy) is 1. The predicted octanol–water partition coefficient (Wildman–Crippen LogP) is 3.92. The van der Waals surface area contributed by atoms with Gasteiger partial charge in [-0.2, -0.15) is 0 Å². The number of carbonyl (C=O) groups is 1. The number of piperidine rings is 1. The summed E-state index contributed by atoms with van der Waals surface area (Å²) >= 11 is 0. The molecule has 154 valence electrons. The largest absolute Gasteiger partial charge is 0.487 e. The van der Waals surface area contributed by atoms with Crippen LogP contribution in [0.4, 0.5) is 9.18 Å². The van der Waals surface area contributed by atoms with Gasteiger partial charge in [0.15, 0.2) is 0 Å². The normalized spacial score (nSPS) is 20.6. The number of carbonyl (C=O) groups excluding carboxylic acids is 1. The predicted molar refractivity (Wildman–Crippen MR) is 110 cm³/mol. The number of para-hydroxylation sites is 1. The van der Waals surface area contributed by atoms with E-state index in [0.29, 0.717) is 5.56 Å². The first-order chi connectivity index (χ1) is 13.9. The Morgan fingerprint density at radius 1 is 1.24 bits per heavy atom. The number of nitrogens with one attached hydrogen (secondary N) is 2. The topological polar surface area (TPSA) is 53.6 Å². The number of nitrogens with zero attached hydrogens (tertiary/aromatic N) is 1. The van der Waals surface area contributed by atoms with Gasteiger partial charge in [-0.05, 0) is 50.1 Å². The molecule has 6 heteroatoms. The van der Waals surface area contributed by atoms with E-state index >= 15 is 0 Å². The number of benzene rings is 2. The van der Waals surface area contributed by atoms with Crippen LogP contribution in [0.3, 0.4) is 0 Å². The second-order valence-electron chi connectivity index (χ2n) is 8.29. The molecule has 1 unspecified atom stereocenters. The minimum Gasteiger partial charge on any atom is -0.487 e. The molecule has 4 rings (SSSR count). The lowest BCUT2D eigenvalue weighted by atomic mass is 9.80. The first-order valence-electron chi connectivity index (χ1n) is 10.2. The van der Waals surface area contributed by atoms with E-state index in [1.807, 2.05) is 30.3 Å². The first-order valence-corrected chi connectivity index (χ1v) is 10.2. The van der Waals surface area contributed by atoms with E-state index in [1.54, 1.807) is 13.0 Å². The number of amides is 2. The smallest absolute Gasteiger partial charge is 0.315 e. The van der Waals surface area contributed by atoms with Crippen molar-refractivity contribution in [3.63, 3.8) is 0 Å². The standard InChI is InChI=1S/C23H28FN3O2/c1-16-7-8-17(13-19(16)24)15-25-22(28)26-20-14-23(9-11-27(2)12-10-23)29-21-6-4-3-5-18(20)21/h3-8,13,20H,9-12,14-15H2,1-2H3,(H2,25,26,28). The van der Waals surface area contributed by atoms with Crippen molar-refractivity contribution in [1.29, 1.82) is 0 Å². The lowest BCUT2D eigenvalue weighted by Crippen LogP contribution is -2.52. The van der Waals surface area contributed by atoms with Crippen LogP contribution >= 0.6 is 0 Å². The number of aryl methyl sites for hydroxylation is 1. The lowest BCUT2D eigenvalue weighted by Gasteiger charge is -2.46. The molecular weight excluding hydrogens is 369 g/mol. The molecule has 29 heavy (non-hydrogen) atoms. The van der Waals surface area contributed by atoms with Gasteiger partial charge in [-0.25, -0.2) is 9.18 Å². The number of likely N-dealkylation sites (tertiary alicyclic amines) is 1. The van der Waals surface area contributed by atoms with Crippen LogP contribution in [0.1, 0.15) is 42.0 Å². The average Bonchev–Trinajstić information content (AvgIpc) is 2.71. The molecule has 0 saturated carbocycles. The fourth-order valence-electron chi connectivity index (χ4n) is 4.22. The summed E-state index contributed by atoms with van der Waals surface area (Å²) in [6.45, 7) is 3.98. The Balaban J connectivity index is 1.44. The van der Waals surface area contributed by atoms with E-state index in [4.69, 9.17) is 4.74 Å². The number of urea groups is 1. The average molecular weight is 397 g/mol. The number of rotatable bonds is 3. The molecule has 2 aromatic carbocycles. The van der Waals surface area contributed by atoms with Crippen molar-refractivity contribution in [2.45, 2.75) is 44.4 Å². The van der Waals surface area contributed by atoms with Gasteiger partial charge in [0, 0.05) is 31.6 Å². The number of hydrogen-bond acceptors (Lipinski definition) is 3. The van der Waals surface area contributed by atoms with E-state index < -0.39 is 0 Å². The van der Waals surface area contributed by atoms with Gasteiger partial charge in [0.2, 0.25) is 0 Å². The first kappa shape index (κ1) is 19.7. The fraction of sp³-hybridized carbons (Fsp3) is 0.435. The van der Waals surface area contributed by atoms with E-state index in [9.17, 15) is 9.18 Å². The molecule has 2 aromatic rings. The Morgan fingerprint density at radius 2 is 2.00 bits per heavy atom. The van der Waals surface area contributed by atoms with Crippen LogP contribution in [0, 0.1) is 12.7 Å². The molecular formula is C23H28FN3O2. The minimum atomic E-state index is -0.257. The minimum absolute atomic E-state index is 0.113. The molecule has 1 fully saturated rings. The fourth-order valence-corrected chi connectivity index (χ4v) is 4.22. The molecule has 2 N–H and O–H groups in total. The summed E-state index contributed by atoms with van der Waals surface area (Å²) in [7, 11) is 2.13. The molecule has 2 heterocycles. The van der Waals surface area contributed by atoms with E-state index in [0.717, 1.165) is 49.2 Å². The molecule has 1 saturated heterocycles. The van der Waals surface area contributed by atoms with Crippen LogP contribution in [0.2, 0.25) is 0 Å². The summed E-state index contributed by atoms with van der Waals surface area (Å²) in [6, 6.07) is 12.6. The number of fused-ring (bicyclic) bond motifs is 1. The third kappa shape index (κ3) is 4.37. The highest BCUT2D eigenvalue weighted by Crippen LogP contribution is 2.44. The van der Waals surface area contributed by atoms with E-state index in [-0.39, 0.29) is 30.0 Å². The Bertz CT molecular complexity index is 893. The van der Waals surface area contributed by atoms with Crippen molar-refractivity contribution in [2.75, 3.05) is 20.1 Å². The Morgan fingerprint density at radius 3 is 2.76 bits per heavy atom. The van der Waals surface area contributed by atoms with Gasteiger partial charge in [-0.1, -0.05) is 30.3 Å².